The summed E-state index contributed by atoms with van der Waals surface area (Å²) < 4.78 is 61.2. The van der Waals surface area contributed by atoms with Gasteiger partial charge in [-0.2, -0.15) is 10.5 Å². The van der Waals surface area contributed by atoms with Gasteiger partial charge in [-0.3, -0.25) is 0 Å². The molecular formula is C35H34F3N4O4Si+. The highest BCUT2D eigenvalue weighted by Gasteiger charge is 2.47. The smallest absolute Gasteiger partial charge is 0.339 e. The van der Waals surface area contributed by atoms with Gasteiger partial charge < -0.3 is 19.5 Å². The number of halogens is 3. The predicted molar refractivity (Wildman–Crippen MR) is 172 cm³/mol. The Labute approximate surface area is 272 Å². The van der Waals surface area contributed by atoms with E-state index in [1.165, 1.54) is 19.2 Å². The lowest BCUT2D eigenvalue weighted by Crippen LogP contribution is -2.50. The summed E-state index contributed by atoms with van der Waals surface area (Å²) in [5, 5.41) is 32.0. The maximum absolute atomic E-state index is 17.1. The molecule has 2 saturated heterocycles. The maximum Gasteiger partial charge on any atom is 0.339 e. The molecule has 0 saturated carbocycles. The summed E-state index contributed by atoms with van der Waals surface area (Å²) in [6.45, 7) is 7.13. The number of nitrogens with zero attached hydrogens (tertiary/aromatic N) is 4. The first-order valence-corrected chi connectivity index (χ1v) is 18.6. The van der Waals surface area contributed by atoms with Crippen LogP contribution in [0.5, 0.6) is 0 Å². The van der Waals surface area contributed by atoms with Crippen LogP contribution in [0.1, 0.15) is 52.7 Å². The van der Waals surface area contributed by atoms with Crippen LogP contribution in [0.2, 0.25) is 13.1 Å². The average Bonchev–Trinajstić information content (AvgIpc) is 3.81. The Morgan fingerprint density at radius 2 is 1.72 bits per heavy atom. The Kier molecular flexibility index (Phi) is 8.47. The number of fused-ring (bicyclic) bond motifs is 2. The van der Waals surface area contributed by atoms with Crippen LogP contribution < -0.4 is 10.1 Å². The Bertz CT molecular complexity index is 1890. The molecular weight excluding hydrogens is 625 g/mol. The number of carboxylic acid groups (broad SMARTS) is 1. The number of hydrogen-bond acceptors (Lipinski definition) is 6. The molecule has 0 atom stereocenters. The summed E-state index contributed by atoms with van der Waals surface area (Å²) in [5.74, 6) is -7.37. The summed E-state index contributed by atoms with van der Waals surface area (Å²) in [5.41, 5.74) is -3.32. The zero-order chi connectivity index (χ0) is 33.7. The molecule has 0 amide bonds. The third-order valence-electron chi connectivity index (χ3n) is 9.68. The van der Waals surface area contributed by atoms with Crippen molar-refractivity contribution < 1.29 is 37.1 Å². The number of allylic oxidation sites excluding steroid dienone is 5. The minimum atomic E-state index is -2.98. The third kappa shape index (κ3) is 5.12. The van der Waals surface area contributed by atoms with Crippen molar-refractivity contribution in [3.8, 4) is 12.1 Å². The summed E-state index contributed by atoms with van der Waals surface area (Å²) in [7, 11) is -1.42. The van der Waals surface area contributed by atoms with Gasteiger partial charge in [0.1, 0.15) is 51.5 Å². The van der Waals surface area contributed by atoms with Gasteiger partial charge in [0.2, 0.25) is 0 Å². The SMILES string of the molecule is COCOC(C#N)(C#N)c1c(F)c(F)c(C(=O)O)c(C2=C3C=CC(=[N+]4CCCC4)C=C3[Si](C)(C)c3cc(N4CCCC4)ccc32)c1F. The number of aromatic carboxylic acids is 1. The normalized spacial score (nSPS) is 18.6. The fraction of sp³-hybridized carbons (Fsp3) is 0.371. The quantitative estimate of drug-likeness (QED) is 0.187. The van der Waals surface area contributed by atoms with Crippen molar-refractivity contribution in [1.29, 1.82) is 10.5 Å². The lowest BCUT2D eigenvalue weighted by atomic mass is 9.83. The van der Waals surface area contributed by atoms with Gasteiger partial charge in [0.15, 0.2) is 17.3 Å². The molecule has 2 aromatic rings. The lowest BCUT2D eigenvalue weighted by molar-refractivity contribution is -0.504. The van der Waals surface area contributed by atoms with Gasteiger partial charge in [-0.1, -0.05) is 19.2 Å². The maximum atomic E-state index is 17.1. The van der Waals surface area contributed by atoms with Crippen LogP contribution in [0.25, 0.3) is 5.57 Å². The van der Waals surface area contributed by atoms with Crippen LogP contribution >= 0.6 is 0 Å². The Hall–Kier alpha value is -4.49. The number of carbonyl (C=O) groups is 1. The summed E-state index contributed by atoms with van der Waals surface area (Å²) in [6, 6.07) is 8.66. The number of methoxy groups -OCH3 is 1. The minimum Gasteiger partial charge on any atom is -0.478 e. The van der Waals surface area contributed by atoms with E-state index in [4.69, 9.17) is 9.47 Å². The first kappa shape index (κ1) is 32.4. The van der Waals surface area contributed by atoms with E-state index in [1.807, 2.05) is 12.1 Å². The molecule has 0 unspecified atom stereocenters. The first-order chi connectivity index (χ1) is 22.5. The second-order valence-corrected chi connectivity index (χ2v) is 17.0. The molecule has 0 radical (unpaired) electrons. The van der Waals surface area contributed by atoms with Crippen LogP contribution in [0, 0.1) is 40.1 Å². The molecule has 2 aromatic carbocycles. The number of anilines is 1. The van der Waals surface area contributed by atoms with E-state index in [1.54, 1.807) is 12.1 Å². The highest BCUT2D eigenvalue weighted by molar-refractivity contribution is 6.98. The van der Waals surface area contributed by atoms with E-state index in [9.17, 15) is 20.4 Å². The molecule has 8 nitrogen and oxygen atoms in total. The minimum absolute atomic E-state index is 0.0503. The summed E-state index contributed by atoms with van der Waals surface area (Å²) in [6.07, 6.45) is 9.93. The van der Waals surface area contributed by atoms with Crippen molar-refractivity contribution in [2.45, 2.75) is 44.4 Å². The number of rotatable bonds is 7. The van der Waals surface area contributed by atoms with E-state index < -0.39 is 60.6 Å². The monoisotopic (exact) mass is 659 g/mol. The molecule has 6 rings (SSSR count). The molecule has 0 aromatic heterocycles. The van der Waals surface area contributed by atoms with Crippen molar-refractivity contribution in [3.63, 3.8) is 0 Å². The fourth-order valence-corrected chi connectivity index (χ4v) is 10.3. The Morgan fingerprint density at radius 3 is 2.34 bits per heavy atom. The number of nitriles is 2. The van der Waals surface area contributed by atoms with Gasteiger partial charge in [0.05, 0.1) is 5.56 Å². The Balaban J connectivity index is 1.74. The lowest BCUT2D eigenvalue weighted by Gasteiger charge is -2.38. The molecule has 3 heterocycles. The summed E-state index contributed by atoms with van der Waals surface area (Å²) >= 11 is 0. The van der Waals surface area contributed by atoms with E-state index in [0.717, 1.165) is 73.6 Å². The van der Waals surface area contributed by atoms with E-state index >= 15 is 13.2 Å². The molecule has 1 aliphatic carbocycles. The van der Waals surface area contributed by atoms with Gasteiger partial charge in [-0.05, 0) is 58.1 Å². The van der Waals surface area contributed by atoms with Crippen LogP contribution in [-0.4, -0.2) is 69.5 Å². The second-order valence-electron chi connectivity index (χ2n) is 12.7. The van der Waals surface area contributed by atoms with Crippen LogP contribution in [0.4, 0.5) is 18.9 Å². The van der Waals surface area contributed by atoms with E-state index in [-0.39, 0.29) is 5.57 Å². The van der Waals surface area contributed by atoms with Crippen molar-refractivity contribution in [1.82, 2.24) is 0 Å². The number of ether oxygens (including phenoxy) is 2. The standard InChI is InChI=1S/C35H33F3N4O4Si/c1-45-20-46-35(18-39,19-40)30-31(36)28(29(34(43)44)32(37)33(30)38)27-23-10-8-21(41-12-4-5-13-41)16-25(23)47(2,3)26-17-22(9-11-24(26)27)42-14-6-7-15-42/h8-11,16-17H,4-7,12-15,20H2,1-3H3/p+1. The van der Waals surface area contributed by atoms with Gasteiger partial charge in [-0.25, -0.2) is 22.5 Å². The number of hydrogen-bond donors (Lipinski definition) is 1. The molecule has 1 N–H and O–H groups in total. The topological polar surface area (TPSA) is 110 Å². The number of benzene rings is 2. The average molecular weight is 660 g/mol. The fourth-order valence-electron chi connectivity index (χ4n) is 7.26. The predicted octanol–water partition coefficient (Wildman–Crippen LogP) is 5.28. The zero-order valence-electron chi connectivity index (χ0n) is 26.4. The molecule has 2 fully saturated rings. The van der Waals surface area contributed by atoms with Crippen molar-refractivity contribution in [2.24, 2.45) is 0 Å². The van der Waals surface area contributed by atoms with Gasteiger partial charge >= 0.3 is 5.97 Å². The van der Waals surface area contributed by atoms with Gasteiger partial charge in [0.25, 0.3) is 5.60 Å². The highest BCUT2D eigenvalue weighted by Crippen LogP contribution is 2.46. The van der Waals surface area contributed by atoms with Crippen LogP contribution in [0.15, 0.2) is 47.2 Å². The molecule has 12 heteroatoms. The third-order valence-corrected chi connectivity index (χ3v) is 13.2. The van der Waals surface area contributed by atoms with E-state index in [2.05, 4.69) is 34.7 Å². The van der Waals surface area contributed by atoms with Crippen LogP contribution in [-0.2, 0) is 15.1 Å². The van der Waals surface area contributed by atoms with Gasteiger partial charge in [0, 0.05) is 56.4 Å². The van der Waals surface area contributed by atoms with Gasteiger partial charge in [-0.15, -0.1) is 0 Å². The van der Waals surface area contributed by atoms with Crippen molar-refractivity contribution in [3.05, 3.63) is 86.9 Å². The zero-order valence-corrected chi connectivity index (χ0v) is 27.4. The summed E-state index contributed by atoms with van der Waals surface area (Å²) in [4.78, 5) is 15.0. The van der Waals surface area contributed by atoms with E-state index in [0.29, 0.717) is 11.1 Å². The number of carboxylic acids is 1. The van der Waals surface area contributed by atoms with Crippen LogP contribution in [0.3, 0.4) is 0 Å². The first-order valence-electron chi connectivity index (χ1n) is 15.6. The second kappa shape index (κ2) is 12.3. The van der Waals surface area contributed by atoms with Crippen molar-refractivity contribution >= 4 is 36.2 Å². The largest absolute Gasteiger partial charge is 0.478 e. The molecule has 47 heavy (non-hydrogen) atoms. The van der Waals surface area contributed by atoms with Crippen molar-refractivity contribution in [2.75, 3.05) is 45.0 Å². The Morgan fingerprint density at radius 1 is 1.04 bits per heavy atom. The molecule has 0 bridgehead atoms. The molecule has 0 spiro atoms. The molecule has 242 valence electrons. The molecule has 3 aliphatic heterocycles. The highest BCUT2D eigenvalue weighted by atomic mass is 28.3. The molecule has 4 aliphatic rings.